The molecule has 0 bridgehead atoms. The Morgan fingerprint density at radius 3 is 2.08 bits per heavy atom. The molecule has 5 heteroatoms. The van der Waals surface area contributed by atoms with Gasteiger partial charge in [0.05, 0.1) is 11.1 Å². The first-order valence-electron chi connectivity index (χ1n) is 7.53. The number of anilines is 1. The highest BCUT2D eigenvalue weighted by Crippen LogP contribution is 2.25. The number of carbonyl (C=O) groups excluding carboxylic acids is 3. The van der Waals surface area contributed by atoms with Gasteiger partial charge in [-0.2, -0.15) is 0 Å². The van der Waals surface area contributed by atoms with Gasteiger partial charge in [0.15, 0.2) is 0 Å². The molecule has 3 amide bonds. The molecule has 0 unspecified atom stereocenters. The van der Waals surface area contributed by atoms with E-state index in [4.69, 9.17) is 0 Å². The van der Waals surface area contributed by atoms with Crippen molar-refractivity contribution in [3.05, 3.63) is 71.8 Å². The van der Waals surface area contributed by atoms with Gasteiger partial charge in [-0.25, -0.2) is 0 Å². The number of imide groups is 1. The van der Waals surface area contributed by atoms with E-state index in [2.05, 4.69) is 11.9 Å². The van der Waals surface area contributed by atoms with E-state index in [1.165, 1.54) is 6.92 Å². The van der Waals surface area contributed by atoms with Gasteiger partial charge < -0.3 is 5.32 Å². The highest BCUT2D eigenvalue weighted by molar-refractivity contribution is 6.23. The van der Waals surface area contributed by atoms with Gasteiger partial charge >= 0.3 is 0 Å². The number of carbonyl (C=O) groups is 3. The van der Waals surface area contributed by atoms with Gasteiger partial charge in [0.25, 0.3) is 11.8 Å². The van der Waals surface area contributed by atoms with E-state index < -0.39 is 23.8 Å². The summed E-state index contributed by atoms with van der Waals surface area (Å²) in [5.74, 6) is -1.31. The molecule has 0 saturated carbocycles. The van der Waals surface area contributed by atoms with Crippen LogP contribution in [0.5, 0.6) is 0 Å². The Bertz CT molecular complexity index is 805. The van der Waals surface area contributed by atoms with Gasteiger partial charge in [-0.1, -0.05) is 36.9 Å². The molecule has 1 atom stereocenters. The predicted octanol–water partition coefficient (Wildman–Crippen LogP) is 2.95. The van der Waals surface area contributed by atoms with Crippen LogP contribution in [0, 0.1) is 0 Å². The molecule has 120 valence electrons. The number of fused-ring (bicyclic) bond motifs is 1. The minimum Gasteiger partial charge on any atom is -0.324 e. The van der Waals surface area contributed by atoms with E-state index in [0.29, 0.717) is 16.8 Å². The van der Waals surface area contributed by atoms with Crippen LogP contribution >= 0.6 is 0 Å². The molecule has 1 N–H and O–H groups in total. The van der Waals surface area contributed by atoms with Crippen molar-refractivity contribution >= 4 is 29.5 Å². The first-order chi connectivity index (χ1) is 11.5. The maximum atomic E-state index is 12.4. The fraction of sp³-hybridized carbons (Fsp3) is 0.105. The lowest BCUT2D eigenvalue weighted by molar-refractivity contribution is -0.119. The van der Waals surface area contributed by atoms with Crippen LogP contribution in [0.1, 0.15) is 33.2 Å². The third-order valence-electron chi connectivity index (χ3n) is 4.01. The predicted molar refractivity (Wildman–Crippen MR) is 91.6 cm³/mol. The van der Waals surface area contributed by atoms with Crippen molar-refractivity contribution in [2.75, 3.05) is 5.32 Å². The molecule has 0 spiro atoms. The summed E-state index contributed by atoms with van der Waals surface area (Å²) < 4.78 is 0. The Kier molecular flexibility index (Phi) is 4.00. The second-order valence-corrected chi connectivity index (χ2v) is 5.52. The molecule has 0 aromatic heterocycles. The van der Waals surface area contributed by atoms with Crippen LogP contribution in [0.15, 0.2) is 55.1 Å². The lowest BCUT2D eigenvalue weighted by atomic mass is 10.1. The second kappa shape index (κ2) is 6.12. The Morgan fingerprint density at radius 2 is 1.58 bits per heavy atom. The van der Waals surface area contributed by atoms with E-state index in [9.17, 15) is 14.4 Å². The van der Waals surface area contributed by atoms with Gasteiger partial charge in [-0.15, -0.1) is 0 Å². The molecule has 3 rings (SSSR count). The number of rotatable bonds is 4. The van der Waals surface area contributed by atoms with E-state index >= 15 is 0 Å². The van der Waals surface area contributed by atoms with Gasteiger partial charge in [0.1, 0.15) is 6.04 Å². The summed E-state index contributed by atoms with van der Waals surface area (Å²) in [6, 6.07) is 12.8. The van der Waals surface area contributed by atoms with E-state index in [1.54, 1.807) is 42.5 Å². The summed E-state index contributed by atoms with van der Waals surface area (Å²) in [7, 11) is 0. The molecule has 0 radical (unpaired) electrons. The quantitative estimate of drug-likeness (QED) is 0.881. The molecule has 2 aromatic rings. The Morgan fingerprint density at radius 1 is 1.04 bits per heavy atom. The topological polar surface area (TPSA) is 66.5 Å². The normalized spacial score (nSPS) is 14.3. The van der Waals surface area contributed by atoms with Crippen molar-refractivity contribution in [2.45, 2.75) is 13.0 Å². The highest BCUT2D eigenvalue weighted by Gasteiger charge is 2.40. The van der Waals surface area contributed by atoms with Crippen molar-refractivity contribution in [3.63, 3.8) is 0 Å². The van der Waals surface area contributed by atoms with E-state index in [0.717, 1.165) is 10.5 Å². The summed E-state index contributed by atoms with van der Waals surface area (Å²) in [4.78, 5) is 38.2. The lowest BCUT2D eigenvalue weighted by Gasteiger charge is -2.21. The second-order valence-electron chi connectivity index (χ2n) is 5.52. The maximum absolute atomic E-state index is 12.4. The monoisotopic (exact) mass is 320 g/mol. The van der Waals surface area contributed by atoms with Crippen molar-refractivity contribution in [1.29, 1.82) is 0 Å². The van der Waals surface area contributed by atoms with E-state index in [-0.39, 0.29) is 0 Å². The van der Waals surface area contributed by atoms with Crippen LogP contribution < -0.4 is 5.32 Å². The number of nitrogens with zero attached hydrogens (tertiary/aromatic N) is 1. The van der Waals surface area contributed by atoms with Gasteiger partial charge in [-0.3, -0.25) is 19.3 Å². The van der Waals surface area contributed by atoms with Gasteiger partial charge in [0, 0.05) is 5.69 Å². The molecule has 24 heavy (non-hydrogen) atoms. The Balaban J connectivity index is 1.77. The first kappa shape index (κ1) is 15.7. The largest absolute Gasteiger partial charge is 0.324 e. The summed E-state index contributed by atoms with van der Waals surface area (Å²) >= 11 is 0. The van der Waals surface area contributed by atoms with Crippen LogP contribution in [-0.4, -0.2) is 28.7 Å². The highest BCUT2D eigenvalue weighted by atomic mass is 16.2. The minimum absolute atomic E-state index is 0.331. The summed E-state index contributed by atoms with van der Waals surface area (Å²) in [6.07, 6.45) is 1.70. The van der Waals surface area contributed by atoms with E-state index in [1.807, 2.05) is 12.1 Å². The molecule has 2 aromatic carbocycles. The van der Waals surface area contributed by atoms with Crippen LogP contribution in [0.2, 0.25) is 0 Å². The average Bonchev–Trinajstić information content (AvgIpc) is 2.86. The number of amides is 3. The molecule has 1 heterocycles. The zero-order valence-electron chi connectivity index (χ0n) is 13.2. The third-order valence-corrected chi connectivity index (χ3v) is 4.01. The van der Waals surface area contributed by atoms with Crippen molar-refractivity contribution in [2.24, 2.45) is 0 Å². The van der Waals surface area contributed by atoms with Gasteiger partial charge in [-0.05, 0) is 36.8 Å². The first-order valence-corrected chi connectivity index (χ1v) is 7.53. The maximum Gasteiger partial charge on any atom is 0.262 e. The van der Waals surface area contributed by atoms with Crippen LogP contribution in [0.4, 0.5) is 5.69 Å². The zero-order valence-corrected chi connectivity index (χ0v) is 13.2. The minimum atomic E-state index is -0.906. The number of benzene rings is 2. The summed E-state index contributed by atoms with van der Waals surface area (Å²) in [5.41, 5.74) is 2.19. The summed E-state index contributed by atoms with van der Waals surface area (Å²) in [6.45, 7) is 5.21. The zero-order chi connectivity index (χ0) is 17.3. The SMILES string of the molecule is C=Cc1ccc(NC(=O)[C@H](C)N2C(=O)c3ccccc3C2=O)cc1. The van der Waals surface area contributed by atoms with Crippen molar-refractivity contribution < 1.29 is 14.4 Å². The summed E-state index contributed by atoms with van der Waals surface area (Å²) in [5, 5.41) is 2.72. The molecule has 0 fully saturated rings. The molecule has 0 saturated heterocycles. The molecular formula is C19H16N2O3. The third kappa shape index (κ3) is 2.60. The van der Waals surface area contributed by atoms with Crippen molar-refractivity contribution in [3.8, 4) is 0 Å². The number of hydrogen-bond donors (Lipinski definition) is 1. The van der Waals surface area contributed by atoms with Gasteiger partial charge in [0.2, 0.25) is 5.91 Å². The molecule has 0 aliphatic carbocycles. The van der Waals surface area contributed by atoms with Crippen LogP contribution in [-0.2, 0) is 4.79 Å². The number of nitrogens with one attached hydrogen (secondary N) is 1. The Labute approximate surface area is 139 Å². The standard InChI is InChI=1S/C19H16N2O3/c1-3-13-8-10-14(11-9-13)20-17(22)12(2)21-18(23)15-6-4-5-7-16(15)19(21)24/h3-12H,1H2,2H3,(H,20,22)/t12-/m0/s1. The molecular weight excluding hydrogens is 304 g/mol. The fourth-order valence-electron chi connectivity index (χ4n) is 2.63. The fourth-order valence-corrected chi connectivity index (χ4v) is 2.63. The molecule has 5 nitrogen and oxygen atoms in total. The molecule has 1 aliphatic rings. The number of hydrogen-bond acceptors (Lipinski definition) is 3. The lowest BCUT2D eigenvalue weighted by Crippen LogP contribution is -2.45. The smallest absolute Gasteiger partial charge is 0.262 e. The molecule has 1 aliphatic heterocycles. The van der Waals surface area contributed by atoms with Crippen LogP contribution in [0.25, 0.3) is 6.08 Å². The average molecular weight is 320 g/mol. The Hall–Kier alpha value is -3.21. The van der Waals surface area contributed by atoms with Crippen molar-refractivity contribution in [1.82, 2.24) is 4.90 Å². The van der Waals surface area contributed by atoms with Crippen LogP contribution in [0.3, 0.4) is 0 Å².